The average molecular weight is 229 g/mol. The lowest BCUT2D eigenvalue weighted by molar-refractivity contribution is 0.628. The monoisotopic (exact) mass is 229 g/mol. The van der Waals surface area contributed by atoms with Crippen LogP contribution in [-0.2, 0) is 6.54 Å². The molecule has 0 saturated carbocycles. The minimum Gasteiger partial charge on any atom is -0.381 e. The first-order valence-electron chi connectivity index (χ1n) is 5.71. The fourth-order valence-corrected chi connectivity index (χ4v) is 1.79. The second-order valence-corrected chi connectivity index (χ2v) is 4.29. The van der Waals surface area contributed by atoms with Gasteiger partial charge in [-0.3, -0.25) is 0 Å². The Labute approximate surface area is 101 Å². The smallest absolute Gasteiger partial charge is 0.125 e. The van der Waals surface area contributed by atoms with Crippen LogP contribution in [0.3, 0.4) is 0 Å². The lowest BCUT2D eigenvalue weighted by Gasteiger charge is -2.10. The van der Waals surface area contributed by atoms with Gasteiger partial charge in [-0.1, -0.05) is 29.8 Å². The van der Waals surface area contributed by atoms with Crippen molar-refractivity contribution in [1.29, 1.82) is 0 Å². The highest BCUT2D eigenvalue weighted by molar-refractivity contribution is 5.44. The van der Waals surface area contributed by atoms with Crippen molar-refractivity contribution in [2.45, 2.75) is 20.4 Å². The van der Waals surface area contributed by atoms with Gasteiger partial charge in [0.05, 0.1) is 0 Å². The zero-order chi connectivity index (χ0) is 12.3. The van der Waals surface area contributed by atoms with E-state index in [1.165, 1.54) is 28.8 Å². The highest BCUT2D eigenvalue weighted by Crippen LogP contribution is 2.14. The molecule has 1 nitrogen and oxygen atoms in total. The third kappa shape index (κ3) is 3.06. The molecule has 0 radical (unpaired) electrons. The summed E-state index contributed by atoms with van der Waals surface area (Å²) >= 11 is 0. The van der Waals surface area contributed by atoms with Gasteiger partial charge >= 0.3 is 0 Å². The molecule has 0 amide bonds. The fraction of sp³-hybridized carbons (Fsp3) is 0.200. The van der Waals surface area contributed by atoms with Gasteiger partial charge in [-0.2, -0.15) is 0 Å². The van der Waals surface area contributed by atoms with Gasteiger partial charge in [-0.05, 0) is 43.2 Å². The molecule has 0 fully saturated rings. The van der Waals surface area contributed by atoms with E-state index in [1.807, 2.05) is 6.07 Å². The van der Waals surface area contributed by atoms with Crippen molar-refractivity contribution in [3.8, 4) is 0 Å². The summed E-state index contributed by atoms with van der Waals surface area (Å²) in [4.78, 5) is 0. The molecule has 2 rings (SSSR count). The van der Waals surface area contributed by atoms with Crippen LogP contribution in [0.2, 0.25) is 0 Å². The Morgan fingerprint density at radius 2 is 1.88 bits per heavy atom. The molecular formula is C15H16FN. The van der Waals surface area contributed by atoms with Crippen molar-refractivity contribution >= 4 is 5.69 Å². The van der Waals surface area contributed by atoms with Crippen molar-refractivity contribution in [3.05, 3.63) is 65.0 Å². The van der Waals surface area contributed by atoms with Crippen molar-refractivity contribution in [1.82, 2.24) is 0 Å². The van der Waals surface area contributed by atoms with Crippen LogP contribution in [0.15, 0.2) is 42.5 Å². The van der Waals surface area contributed by atoms with E-state index in [0.29, 0.717) is 0 Å². The van der Waals surface area contributed by atoms with Gasteiger partial charge in [0, 0.05) is 12.2 Å². The third-order valence-corrected chi connectivity index (χ3v) is 2.81. The topological polar surface area (TPSA) is 12.0 Å². The number of anilines is 1. The zero-order valence-corrected chi connectivity index (χ0v) is 10.1. The highest BCUT2D eigenvalue weighted by Gasteiger charge is 1.99. The minimum absolute atomic E-state index is 0.212. The van der Waals surface area contributed by atoms with Crippen LogP contribution in [0.25, 0.3) is 0 Å². The molecule has 2 heteroatoms. The maximum atomic E-state index is 13.0. The Morgan fingerprint density at radius 3 is 2.65 bits per heavy atom. The molecule has 17 heavy (non-hydrogen) atoms. The number of hydrogen-bond donors (Lipinski definition) is 1. The summed E-state index contributed by atoms with van der Waals surface area (Å²) in [6, 6.07) is 12.9. The first-order chi connectivity index (χ1) is 8.15. The molecule has 2 aromatic carbocycles. The van der Waals surface area contributed by atoms with Gasteiger partial charge in [-0.25, -0.2) is 4.39 Å². The Hall–Kier alpha value is -1.83. The predicted molar refractivity (Wildman–Crippen MR) is 69.6 cm³/mol. The Bertz CT molecular complexity index is 520. The van der Waals surface area contributed by atoms with Crippen LogP contribution in [0, 0.1) is 19.7 Å². The Balaban J connectivity index is 2.09. The normalized spacial score (nSPS) is 10.3. The molecule has 2 aromatic rings. The van der Waals surface area contributed by atoms with Gasteiger partial charge in [0.15, 0.2) is 0 Å². The summed E-state index contributed by atoms with van der Waals surface area (Å²) in [5.74, 6) is -0.212. The lowest BCUT2D eigenvalue weighted by atomic mass is 10.1. The van der Waals surface area contributed by atoms with E-state index in [1.54, 1.807) is 6.07 Å². The molecule has 88 valence electrons. The van der Waals surface area contributed by atoms with Crippen LogP contribution in [0.4, 0.5) is 10.1 Å². The van der Waals surface area contributed by atoms with E-state index in [-0.39, 0.29) is 5.82 Å². The molecule has 0 atom stereocenters. The second-order valence-electron chi connectivity index (χ2n) is 4.29. The molecule has 0 aliphatic carbocycles. The molecule has 0 aliphatic heterocycles. The van der Waals surface area contributed by atoms with Gasteiger partial charge in [0.25, 0.3) is 0 Å². The largest absolute Gasteiger partial charge is 0.381 e. The first-order valence-corrected chi connectivity index (χ1v) is 5.71. The van der Waals surface area contributed by atoms with Gasteiger partial charge in [0.2, 0.25) is 0 Å². The van der Waals surface area contributed by atoms with Crippen LogP contribution in [0.5, 0.6) is 0 Å². The molecule has 0 unspecified atom stereocenters. The summed E-state index contributed by atoms with van der Waals surface area (Å²) < 4.78 is 13.0. The molecule has 0 saturated heterocycles. The van der Waals surface area contributed by atoms with Crippen molar-refractivity contribution < 1.29 is 4.39 Å². The Kier molecular flexibility index (Phi) is 3.43. The van der Waals surface area contributed by atoms with E-state index in [9.17, 15) is 4.39 Å². The zero-order valence-electron chi connectivity index (χ0n) is 10.1. The SMILES string of the molecule is Cc1ccc(C)c(CNc2cccc(F)c2)c1. The third-order valence-electron chi connectivity index (χ3n) is 2.81. The van der Waals surface area contributed by atoms with Crippen LogP contribution in [-0.4, -0.2) is 0 Å². The van der Waals surface area contributed by atoms with Crippen molar-refractivity contribution in [3.63, 3.8) is 0 Å². The summed E-state index contributed by atoms with van der Waals surface area (Å²) in [7, 11) is 0. The van der Waals surface area contributed by atoms with E-state index in [0.717, 1.165) is 12.2 Å². The second kappa shape index (κ2) is 5.00. The van der Waals surface area contributed by atoms with Crippen molar-refractivity contribution in [2.75, 3.05) is 5.32 Å². The van der Waals surface area contributed by atoms with Crippen molar-refractivity contribution in [2.24, 2.45) is 0 Å². The van der Waals surface area contributed by atoms with Gasteiger partial charge < -0.3 is 5.32 Å². The van der Waals surface area contributed by atoms with Gasteiger partial charge in [-0.15, -0.1) is 0 Å². The molecular weight excluding hydrogens is 213 g/mol. The molecule has 0 bridgehead atoms. The highest BCUT2D eigenvalue weighted by atomic mass is 19.1. The first kappa shape index (κ1) is 11.6. The Morgan fingerprint density at radius 1 is 1.06 bits per heavy atom. The molecule has 0 aromatic heterocycles. The molecule has 0 heterocycles. The van der Waals surface area contributed by atoms with E-state index < -0.39 is 0 Å². The minimum atomic E-state index is -0.212. The summed E-state index contributed by atoms with van der Waals surface area (Å²) in [5.41, 5.74) is 4.55. The number of benzene rings is 2. The summed E-state index contributed by atoms with van der Waals surface area (Å²) in [6.45, 7) is 4.88. The van der Waals surface area contributed by atoms with E-state index >= 15 is 0 Å². The number of nitrogens with one attached hydrogen (secondary N) is 1. The maximum absolute atomic E-state index is 13.0. The van der Waals surface area contributed by atoms with Crippen LogP contribution in [0.1, 0.15) is 16.7 Å². The van der Waals surface area contributed by atoms with Crippen LogP contribution >= 0.6 is 0 Å². The van der Waals surface area contributed by atoms with Gasteiger partial charge in [0.1, 0.15) is 5.82 Å². The molecule has 1 N–H and O–H groups in total. The molecule has 0 aliphatic rings. The van der Waals surface area contributed by atoms with E-state index in [4.69, 9.17) is 0 Å². The average Bonchev–Trinajstić information content (AvgIpc) is 2.30. The number of rotatable bonds is 3. The summed E-state index contributed by atoms with van der Waals surface area (Å²) in [6.07, 6.45) is 0. The standard InChI is InChI=1S/C15H16FN/c1-11-6-7-12(2)13(8-11)10-17-15-5-3-4-14(16)9-15/h3-9,17H,10H2,1-2H3. The number of aryl methyl sites for hydroxylation is 2. The number of halogens is 1. The quantitative estimate of drug-likeness (QED) is 0.837. The van der Waals surface area contributed by atoms with Crippen LogP contribution < -0.4 is 5.32 Å². The summed E-state index contributed by atoms with van der Waals surface area (Å²) in [5, 5.41) is 3.23. The lowest BCUT2D eigenvalue weighted by Crippen LogP contribution is -2.01. The van der Waals surface area contributed by atoms with E-state index in [2.05, 4.69) is 37.4 Å². The predicted octanol–water partition coefficient (Wildman–Crippen LogP) is 4.05. The number of hydrogen-bond acceptors (Lipinski definition) is 1. The fourth-order valence-electron chi connectivity index (χ4n) is 1.79. The maximum Gasteiger partial charge on any atom is 0.125 e. The molecule has 0 spiro atoms.